The molecule has 3 heterocycles. The molecule has 1 amide bonds. The van der Waals surface area contributed by atoms with Crippen molar-refractivity contribution in [3.63, 3.8) is 0 Å². The van der Waals surface area contributed by atoms with Crippen LogP contribution in [-0.4, -0.2) is 58.5 Å². The zero-order chi connectivity index (χ0) is 30.4. The number of amides is 1. The molecule has 0 radical (unpaired) electrons. The number of aromatic nitrogens is 2. The summed E-state index contributed by atoms with van der Waals surface area (Å²) in [5.41, 5.74) is 6.18. The van der Waals surface area contributed by atoms with E-state index >= 15 is 4.39 Å². The third-order valence-electron chi connectivity index (χ3n) is 8.63. The molecular formula is C29H32F5N5O3. The molecule has 1 saturated heterocycles. The van der Waals surface area contributed by atoms with E-state index in [1.54, 1.807) is 18.7 Å². The molecule has 6 rings (SSSR count). The van der Waals surface area contributed by atoms with Crippen molar-refractivity contribution in [3.05, 3.63) is 40.7 Å². The molecule has 4 N–H and O–H groups in total. The zero-order valence-corrected chi connectivity index (χ0v) is 23.5. The minimum absolute atomic E-state index is 0.0685. The lowest BCUT2D eigenvalue weighted by Crippen LogP contribution is -2.43. The first-order chi connectivity index (χ1) is 19.7. The van der Waals surface area contributed by atoms with Crippen molar-refractivity contribution < 1.29 is 36.6 Å². The summed E-state index contributed by atoms with van der Waals surface area (Å²) < 4.78 is 77.3. The summed E-state index contributed by atoms with van der Waals surface area (Å²) in [6.45, 7) is 3.81. The Bertz CT molecular complexity index is 1600. The number of ether oxygens (including phenoxy) is 1. The standard InChI is InChI=1S/C29H32F5N5O3/c1-11(2)23-21-20(18-15-9-36-25(19(15)18)28(41)38(3)4)17(10-40)39(13-5-6-13)26(21)22(31)24(37-23)14-7-12(35)8-16(30)27(14)42-29(32,33)34/h7-8,11,13,15,18-19,25,36,40H,5-6,9-10,35H2,1-4H3/t15-,18-,19-,25+/m1/s1. The predicted octanol–water partition coefficient (Wildman–Crippen LogP) is 4.80. The van der Waals surface area contributed by atoms with E-state index in [4.69, 9.17) is 5.73 Å². The highest BCUT2D eigenvalue weighted by atomic mass is 19.4. The van der Waals surface area contributed by atoms with Crippen LogP contribution < -0.4 is 15.8 Å². The molecule has 1 aromatic carbocycles. The Labute approximate surface area is 238 Å². The first kappa shape index (κ1) is 28.7. The van der Waals surface area contributed by atoms with E-state index in [0.29, 0.717) is 29.4 Å². The van der Waals surface area contributed by atoms with Crippen molar-refractivity contribution in [2.45, 2.75) is 63.6 Å². The van der Waals surface area contributed by atoms with Crippen molar-refractivity contribution in [3.8, 4) is 17.0 Å². The van der Waals surface area contributed by atoms with Crippen molar-refractivity contribution in [2.75, 3.05) is 26.4 Å². The van der Waals surface area contributed by atoms with Gasteiger partial charge in [-0.05, 0) is 54.7 Å². The lowest BCUT2D eigenvalue weighted by Gasteiger charge is -2.20. The van der Waals surface area contributed by atoms with Crippen molar-refractivity contribution in [1.29, 1.82) is 0 Å². The fourth-order valence-electron chi connectivity index (χ4n) is 6.79. The number of nitrogens with two attached hydrogens (primary N) is 1. The molecule has 42 heavy (non-hydrogen) atoms. The smallest absolute Gasteiger partial charge is 0.402 e. The highest BCUT2D eigenvalue weighted by Crippen LogP contribution is 2.62. The number of halogens is 5. The summed E-state index contributed by atoms with van der Waals surface area (Å²) in [7, 11) is 3.36. The van der Waals surface area contributed by atoms with Gasteiger partial charge in [-0.1, -0.05) is 13.8 Å². The third-order valence-corrected chi connectivity index (χ3v) is 8.63. The van der Waals surface area contributed by atoms with Crippen LogP contribution in [0.2, 0.25) is 0 Å². The maximum atomic E-state index is 16.8. The van der Waals surface area contributed by atoms with E-state index in [1.165, 1.54) is 4.90 Å². The predicted molar refractivity (Wildman–Crippen MR) is 145 cm³/mol. The summed E-state index contributed by atoms with van der Waals surface area (Å²) >= 11 is 0. The minimum Gasteiger partial charge on any atom is -0.402 e. The first-order valence-corrected chi connectivity index (χ1v) is 13.9. The van der Waals surface area contributed by atoms with Gasteiger partial charge in [0.2, 0.25) is 5.91 Å². The van der Waals surface area contributed by atoms with Crippen LogP contribution in [-0.2, 0) is 11.4 Å². The lowest BCUT2D eigenvalue weighted by atomic mass is 9.95. The van der Waals surface area contributed by atoms with E-state index in [-0.39, 0.29) is 46.8 Å². The Hall–Kier alpha value is -3.45. The van der Waals surface area contributed by atoms with Crippen LogP contribution >= 0.6 is 0 Å². The number of benzene rings is 1. The number of hydrogen-bond donors (Lipinski definition) is 3. The SMILES string of the molecule is CC(C)c1nc(-c2cc(N)cc(F)c2OC(F)(F)F)c(F)c2c1c([C@@H]1[C@H]3CN[C@H](C(=O)N(C)C)[C@H]31)c(CO)n2C1CC1. The molecule has 2 aliphatic carbocycles. The van der Waals surface area contributed by atoms with Gasteiger partial charge in [0.05, 0.1) is 29.4 Å². The quantitative estimate of drug-likeness (QED) is 0.269. The Balaban J connectivity index is 1.63. The number of pyridine rings is 1. The number of nitrogens with zero attached hydrogens (tertiary/aromatic N) is 3. The number of carbonyl (C=O) groups excluding carboxylic acids is 1. The third kappa shape index (κ3) is 4.48. The number of aliphatic hydroxyl groups is 1. The number of aliphatic hydroxyl groups excluding tert-OH is 1. The van der Waals surface area contributed by atoms with Gasteiger partial charge in [0, 0.05) is 43.0 Å². The molecule has 3 aliphatic rings. The van der Waals surface area contributed by atoms with Crippen molar-refractivity contribution in [1.82, 2.24) is 19.8 Å². The number of anilines is 1. The summed E-state index contributed by atoms with van der Waals surface area (Å²) in [6, 6.07) is 1.12. The van der Waals surface area contributed by atoms with Gasteiger partial charge in [-0.25, -0.2) is 13.8 Å². The molecule has 1 aliphatic heterocycles. The largest absolute Gasteiger partial charge is 0.573 e. The molecule has 0 spiro atoms. The highest BCUT2D eigenvalue weighted by Gasteiger charge is 2.62. The number of likely N-dealkylation sites (N-methyl/N-ethyl adjacent to an activating group) is 1. The van der Waals surface area contributed by atoms with Crippen LogP contribution in [0.3, 0.4) is 0 Å². The fraction of sp³-hybridized carbons (Fsp3) is 0.517. The molecule has 13 heteroatoms. The summed E-state index contributed by atoms with van der Waals surface area (Å²) in [5, 5.41) is 14.4. The van der Waals surface area contributed by atoms with Gasteiger partial charge < -0.3 is 30.4 Å². The Kier molecular flexibility index (Phi) is 6.69. The minimum atomic E-state index is -5.25. The number of carbonyl (C=O) groups is 1. The summed E-state index contributed by atoms with van der Waals surface area (Å²) in [5.74, 6) is -4.12. The van der Waals surface area contributed by atoms with Gasteiger partial charge in [-0.2, -0.15) is 0 Å². The number of nitrogens with one attached hydrogen (secondary N) is 1. The zero-order valence-electron chi connectivity index (χ0n) is 23.5. The van der Waals surface area contributed by atoms with Crippen molar-refractivity contribution in [2.24, 2.45) is 11.8 Å². The van der Waals surface area contributed by atoms with Crippen LogP contribution in [0, 0.1) is 23.5 Å². The van der Waals surface area contributed by atoms with E-state index in [9.17, 15) is 27.5 Å². The number of rotatable bonds is 7. The maximum Gasteiger partial charge on any atom is 0.573 e. The molecular weight excluding hydrogens is 561 g/mol. The number of alkyl halides is 3. The van der Waals surface area contributed by atoms with Gasteiger partial charge in [-0.15, -0.1) is 13.2 Å². The monoisotopic (exact) mass is 593 g/mol. The molecule has 3 fully saturated rings. The fourth-order valence-corrected chi connectivity index (χ4v) is 6.79. The summed E-state index contributed by atoms with van der Waals surface area (Å²) in [4.78, 5) is 19.0. The maximum absolute atomic E-state index is 16.8. The van der Waals surface area contributed by atoms with Crippen LogP contribution in [0.15, 0.2) is 12.1 Å². The second-order valence-electron chi connectivity index (χ2n) is 12.0. The Morgan fingerprint density at radius 3 is 2.52 bits per heavy atom. The first-order valence-electron chi connectivity index (χ1n) is 13.9. The van der Waals surface area contributed by atoms with Gasteiger partial charge in [0.15, 0.2) is 17.4 Å². The average Bonchev–Trinajstić information content (AvgIpc) is 3.79. The lowest BCUT2D eigenvalue weighted by molar-refractivity contribution is -0.275. The molecule has 8 nitrogen and oxygen atoms in total. The van der Waals surface area contributed by atoms with Gasteiger partial charge in [0.1, 0.15) is 5.69 Å². The molecule has 0 bridgehead atoms. The normalized spacial score (nSPS) is 23.5. The molecule has 2 saturated carbocycles. The van der Waals surface area contributed by atoms with Crippen LogP contribution in [0.4, 0.5) is 27.6 Å². The van der Waals surface area contributed by atoms with Crippen LogP contribution in [0.5, 0.6) is 5.75 Å². The summed E-state index contributed by atoms with van der Waals surface area (Å²) in [6.07, 6.45) is -3.81. The number of piperidine rings is 1. The van der Waals surface area contributed by atoms with Crippen LogP contribution in [0.1, 0.15) is 61.5 Å². The number of fused-ring (bicyclic) bond motifs is 2. The Morgan fingerprint density at radius 1 is 1.26 bits per heavy atom. The molecule has 2 aromatic heterocycles. The van der Waals surface area contributed by atoms with Crippen molar-refractivity contribution >= 4 is 22.5 Å². The average molecular weight is 594 g/mol. The van der Waals surface area contributed by atoms with Crippen LogP contribution in [0.25, 0.3) is 22.2 Å². The second kappa shape index (κ2) is 9.80. The van der Waals surface area contributed by atoms with E-state index in [2.05, 4.69) is 15.0 Å². The molecule has 0 unspecified atom stereocenters. The highest BCUT2D eigenvalue weighted by molar-refractivity contribution is 5.94. The second-order valence-corrected chi connectivity index (χ2v) is 12.0. The number of nitrogen functional groups attached to an aromatic ring is 1. The Morgan fingerprint density at radius 2 is 1.95 bits per heavy atom. The van der Waals surface area contributed by atoms with Gasteiger partial charge >= 0.3 is 6.36 Å². The molecule has 3 aromatic rings. The molecule has 4 atom stereocenters. The van der Waals surface area contributed by atoms with E-state index in [0.717, 1.165) is 24.5 Å². The van der Waals surface area contributed by atoms with E-state index < -0.39 is 47.7 Å². The van der Waals surface area contributed by atoms with Gasteiger partial charge in [-0.3, -0.25) is 4.79 Å². The van der Waals surface area contributed by atoms with E-state index in [1.807, 2.05) is 13.8 Å². The molecule has 226 valence electrons. The topological polar surface area (TPSA) is 106 Å². The number of hydrogen-bond acceptors (Lipinski definition) is 6. The van der Waals surface area contributed by atoms with Gasteiger partial charge in [0.25, 0.3) is 0 Å².